The minimum Gasteiger partial charge on any atom is -0.332 e. The molecule has 9 heteroatoms. The molecular weight excluding hydrogens is 353 g/mol. The summed E-state index contributed by atoms with van der Waals surface area (Å²) in [5, 5.41) is 10.9. The third kappa shape index (κ3) is 6.23. The maximum atomic E-state index is 13.5. The van der Waals surface area contributed by atoms with Gasteiger partial charge in [-0.2, -0.15) is 18.4 Å². The van der Waals surface area contributed by atoms with Crippen LogP contribution in [0.5, 0.6) is 0 Å². The van der Waals surface area contributed by atoms with Crippen molar-refractivity contribution in [1.29, 1.82) is 5.26 Å². The van der Waals surface area contributed by atoms with Crippen LogP contribution >= 0.6 is 12.2 Å². The van der Waals surface area contributed by atoms with E-state index in [1.807, 2.05) is 0 Å². The van der Waals surface area contributed by atoms with E-state index in [4.69, 9.17) is 17.5 Å². The van der Waals surface area contributed by atoms with E-state index in [0.717, 1.165) is 19.1 Å². The number of amides is 1. The second kappa shape index (κ2) is 7.70. The summed E-state index contributed by atoms with van der Waals surface area (Å²) in [7, 11) is 0. The van der Waals surface area contributed by atoms with E-state index in [9.17, 15) is 18.0 Å². The quantitative estimate of drug-likeness (QED) is 0.395. The van der Waals surface area contributed by atoms with Crippen LogP contribution in [0.2, 0.25) is 0 Å². The van der Waals surface area contributed by atoms with Crippen molar-refractivity contribution < 1.29 is 18.0 Å². The van der Waals surface area contributed by atoms with Gasteiger partial charge < -0.3 is 5.32 Å². The molecule has 25 heavy (non-hydrogen) atoms. The number of allylic oxidation sites excluding steroid dienone is 5. The fourth-order valence-electron chi connectivity index (χ4n) is 1.83. The number of carbonyl (C=O) groups is 1. The minimum atomic E-state index is -4.49. The van der Waals surface area contributed by atoms with Gasteiger partial charge in [-0.3, -0.25) is 15.6 Å². The number of nitriles is 1. The summed E-state index contributed by atoms with van der Waals surface area (Å²) in [5.41, 5.74) is 1.86. The van der Waals surface area contributed by atoms with Crippen molar-refractivity contribution in [3.63, 3.8) is 0 Å². The molecule has 0 bridgehead atoms. The third-order valence-corrected chi connectivity index (χ3v) is 3.63. The zero-order valence-electron chi connectivity index (χ0n) is 14.0. The Morgan fingerprint density at radius 2 is 1.88 bits per heavy atom. The second-order valence-electron chi connectivity index (χ2n) is 6.33. The monoisotopic (exact) mass is 372 g/mol. The molecule has 0 spiro atoms. The first-order valence-corrected chi connectivity index (χ1v) is 7.71. The number of hydrogen-bond donors (Lipinski definition) is 3. The van der Waals surface area contributed by atoms with Crippen molar-refractivity contribution >= 4 is 23.2 Å². The van der Waals surface area contributed by atoms with Crippen LogP contribution in [0.1, 0.15) is 27.2 Å². The van der Waals surface area contributed by atoms with Crippen LogP contribution in [0.25, 0.3) is 0 Å². The first-order chi connectivity index (χ1) is 11.4. The van der Waals surface area contributed by atoms with Crippen LogP contribution in [0.3, 0.4) is 0 Å². The van der Waals surface area contributed by atoms with E-state index >= 15 is 0 Å². The van der Waals surface area contributed by atoms with Crippen molar-refractivity contribution in [2.75, 3.05) is 0 Å². The number of carbonyl (C=O) groups excluding carboxylic acids is 1. The highest BCUT2D eigenvalue weighted by Gasteiger charge is 2.48. The first-order valence-electron chi connectivity index (χ1n) is 7.30. The van der Waals surface area contributed by atoms with Gasteiger partial charge in [-0.25, -0.2) is 0 Å². The van der Waals surface area contributed by atoms with Gasteiger partial charge in [0.05, 0.1) is 6.07 Å². The second-order valence-corrected chi connectivity index (χ2v) is 6.74. The lowest BCUT2D eigenvalue weighted by atomic mass is 9.81. The van der Waals surface area contributed by atoms with Crippen molar-refractivity contribution in [2.24, 2.45) is 10.8 Å². The van der Waals surface area contributed by atoms with Gasteiger partial charge in [-0.05, 0) is 31.3 Å². The number of hydrogen-bond acceptors (Lipinski definition) is 3. The van der Waals surface area contributed by atoms with Crippen molar-refractivity contribution in [3.05, 3.63) is 36.1 Å². The summed E-state index contributed by atoms with van der Waals surface area (Å²) in [6.07, 6.45) is 2.00. The molecular formula is C16H19F3N4OS. The van der Waals surface area contributed by atoms with Gasteiger partial charge in [-0.1, -0.05) is 32.1 Å². The van der Waals surface area contributed by atoms with Crippen LogP contribution in [0.15, 0.2) is 36.1 Å². The first kappa shape index (κ1) is 20.7. The Morgan fingerprint density at radius 1 is 1.24 bits per heavy atom. The molecule has 1 rings (SSSR count). The number of rotatable bonds is 2. The summed E-state index contributed by atoms with van der Waals surface area (Å²) in [6.45, 7) is 4.61. The highest BCUT2D eigenvalue weighted by Crippen LogP contribution is 2.43. The predicted octanol–water partition coefficient (Wildman–Crippen LogP) is 3.00. The molecule has 0 saturated heterocycles. The van der Waals surface area contributed by atoms with E-state index in [-0.39, 0.29) is 17.2 Å². The van der Waals surface area contributed by atoms with Gasteiger partial charge in [0.1, 0.15) is 11.8 Å². The van der Waals surface area contributed by atoms with Crippen molar-refractivity contribution in [1.82, 2.24) is 16.2 Å². The number of nitrogens with zero attached hydrogens (tertiary/aromatic N) is 1. The molecule has 0 aromatic heterocycles. The normalized spacial score (nSPS) is 26.7. The summed E-state index contributed by atoms with van der Waals surface area (Å²) in [6, 6.07) is 1.65. The molecule has 1 atom stereocenters. The lowest BCUT2D eigenvalue weighted by Gasteiger charge is -2.30. The molecule has 0 aliphatic heterocycles. The average Bonchev–Trinajstić information content (AvgIpc) is 2.47. The molecule has 136 valence electrons. The Labute approximate surface area is 149 Å². The molecule has 3 N–H and O–H groups in total. The van der Waals surface area contributed by atoms with Gasteiger partial charge in [0, 0.05) is 11.1 Å². The van der Waals surface area contributed by atoms with Crippen molar-refractivity contribution in [2.45, 2.75) is 33.4 Å². The van der Waals surface area contributed by atoms with Crippen molar-refractivity contribution in [3.8, 4) is 6.07 Å². The molecule has 0 saturated carbocycles. The van der Waals surface area contributed by atoms with Crippen LogP contribution < -0.4 is 16.2 Å². The smallest absolute Gasteiger partial charge is 0.332 e. The summed E-state index contributed by atoms with van der Waals surface area (Å²) >= 11 is 4.95. The molecule has 0 radical (unpaired) electrons. The van der Waals surface area contributed by atoms with E-state index < -0.39 is 22.9 Å². The molecule has 1 unspecified atom stereocenters. The molecule has 0 heterocycles. The average molecular weight is 372 g/mol. The highest BCUT2D eigenvalue weighted by atomic mass is 32.1. The molecule has 5 nitrogen and oxygen atoms in total. The fraction of sp³-hybridized carbons (Fsp3) is 0.438. The lowest BCUT2D eigenvalue weighted by Crippen LogP contribution is -2.46. The molecule has 0 fully saturated rings. The Kier molecular flexibility index (Phi) is 6.37. The third-order valence-electron chi connectivity index (χ3n) is 3.43. The van der Waals surface area contributed by atoms with E-state index in [0.29, 0.717) is 0 Å². The number of alkyl halides is 3. The SMILES string of the molecule is CC1(C)/C=C\C(NC(=S)NNC(=O)CC#N)=C/C(C)(C(F)(F)F)/C=C\1. The minimum absolute atomic E-state index is 0.103. The molecule has 1 aliphatic carbocycles. The number of thiocarbonyl (C=S) groups is 1. The van der Waals surface area contributed by atoms with Crippen LogP contribution in [-0.4, -0.2) is 17.2 Å². The summed E-state index contributed by atoms with van der Waals surface area (Å²) in [5.74, 6) is -0.613. The zero-order valence-corrected chi connectivity index (χ0v) is 14.8. The fourth-order valence-corrected chi connectivity index (χ4v) is 2.00. The van der Waals surface area contributed by atoms with Crippen LogP contribution in [0.4, 0.5) is 13.2 Å². The maximum absolute atomic E-state index is 13.5. The van der Waals surface area contributed by atoms with Gasteiger partial charge in [0.25, 0.3) is 5.91 Å². The lowest BCUT2D eigenvalue weighted by molar-refractivity contribution is -0.183. The predicted molar refractivity (Wildman–Crippen MR) is 91.5 cm³/mol. The standard InChI is InChI=1S/C16H19F3N4OS/c1-14(2)6-4-11(10-15(3,8-7-14)16(17,18)19)21-13(25)23-22-12(24)5-9-20/h4,6-8,10H,5H2,1-3H3,(H,22,24)(H2,21,23,25)/b6-4-,8-7-,11-10+. The summed E-state index contributed by atoms with van der Waals surface area (Å²) < 4.78 is 40.4. The van der Waals surface area contributed by atoms with Gasteiger partial charge in [0.2, 0.25) is 0 Å². The van der Waals surface area contributed by atoms with E-state index in [1.165, 1.54) is 12.2 Å². The Hall–Kier alpha value is -2.34. The number of halogens is 3. The molecule has 0 aromatic carbocycles. The molecule has 1 amide bonds. The van der Waals surface area contributed by atoms with Gasteiger partial charge in [0.15, 0.2) is 5.11 Å². The summed E-state index contributed by atoms with van der Waals surface area (Å²) in [4.78, 5) is 11.2. The topological polar surface area (TPSA) is 76.9 Å². The van der Waals surface area contributed by atoms with Gasteiger partial charge >= 0.3 is 6.18 Å². The van der Waals surface area contributed by atoms with E-state index in [1.54, 1.807) is 26.0 Å². The van der Waals surface area contributed by atoms with Crippen LogP contribution in [0, 0.1) is 22.2 Å². The number of nitrogens with one attached hydrogen (secondary N) is 3. The Bertz CT molecular complexity index is 674. The molecule has 0 aromatic rings. The maximum Gasteiger partial charge on any atom is 0.401 e. The van der Waals surface area contributed by atoms with E-state index in [2.05, 4.69) is 16.2 Å². The Morgan fingerprint density at radius 3 is 2.44 bits per heavy atom. The Balaban J connectivity index is 3.00. The highest BCUT2D eigenvalue weighted by molar-refractivity contribution is 7.80. The zero-order chi connectivity index (χ0) is 19.3. The molecule has 1 aliphatic rings. The van der Waals surface area contributed by atoms with Crippen LogP contribution in [-0.2, 0) is 4.79 Å². The largest absolute Gasteiger partial charge is 0.401 e. The van der Waals surface area contributed by atoms with Gasteiger partial charge in [-0.15, -0.1) is 0 Å². The number of hydrazine groups is 1.